The summed E-state index contributed by atoms with van der Waals surface area (Å²) in [6.07, 6.45) is 106. The van der Waals surface area contributed by atoms with Crippen LogP contribution in [0.3, 0.4) is 0 Å². The number of hydrogen-bond donors (Lipinski definition) is 2. The summed E-state index contributed by atoms with van der Waals surface area (Å²) in [7, 11) is -4.41. The molecule has 87 heavy (non-hydrogen) atoms. The van der Waals surface area contributed by atoms with Crippen LogP contribution in [0.1, 0.15) is 245 Å². The lowest BCUT2D eigenvalue weighted by atomic mass is 10.0. The van der Waals surface area contributed by atoms with E-state index in [2.05, 4.69) is 208 Å². The Kier molecular flexibility index (Phi) is 65.8. The van der Waals surface area contributed by atoms with E-state index in [1.807, 2.05) is 0 Å². The van der Waals surface area contributed by atoms with E-state index in [1.54, 1.807) is 0 Å². The van der Waals surface area contributed by atoms with Gasteiger partial charge in [0, 0.05) is 19.4 Å². The van der Waals surface area contributed by atoms with Gasteiger partial charge in [-0.05, 0) is 141 Å². The van der Waals surface area contributed by atoms with E-state index in [0.717, 1.165) is 167 Å². The third-order valence-corrected chi connectivity index (χ3v) is 14.5. The van der Waals surface area contributed by atoms with Crippen molar-refractivity contribution in [3.8, 4) is 0 Å². The van der Waals surface area contributed by atoms with Crippen LogP contribution >= 0.6 is 7.82 Å². The third kappa shape index (κ3) is 69.8. The van der Waals surface area contributed by atoms with Gasteiger partial charge in [0.05, 0.1) is 13.2 Å². The van der Waals surface area contributed by atoms with Crippen LogP contribution in [0.25, 0.3) is 0 Å². The first-order valence-electron chi connectivity index (χ1n) is 33.9. The van der Waals surface area contributed by atoms with Crippen LogP contribution in [0.15, 0.2) is 194 Å². The van der Waals surface area contributed by atoms with E-state index in [9.17, 15) is 19.0 Å². The summed E-state index contributed by atoms with van der Waals surface area (Å²) < 4.78 is 33.1. The zero-order valence-corrected chi connectivity index (χ0v) is 55.6. The number of unbranched alkanes of at least 4 members (excludes halogenated alkanes) is 16. The molecule has 0 bridgehead atoms. The standard InChI is InChI=1S/C77H122NO8P/c1-3-5-7-9-11-13-15-17-19-21-23-25-27-29-31-33-35-36-37-38-40-42-44-46-48-50-52-54-56-58-60-62-64-66-68-70-77(80)86-75(74-85-87(81,82)84-72-71-78)73-83-76(79)69-67-65-63-61-59-57-55-53-51-49-47-45-43-41-39-34-32-30-28-26-24-22-20-18-16-14-12-10-8-6-4-2/h5-8,11-14,17-20,23-26,29-32,35-36,38-41,44-47,51,53,75H,3-4,9-10,15-16,21-22,27-28,33-34,37,42-43,48-50,52,54-74,78H2,1-2H3,(H,81,82)/b7-5-,8-6-,13-11-,14-12-,19-17-,20-18-,25-23-,26-24-,31-29-,32-30-,36-35-,40-38-,41-39-,46-44-,47-45-,53-51-. The summed E-state index contributed by atoms with van der Waals surface area (Å²) in [5, 5.41) is 0. The van der Waals surface area contributed by atoms with Gasteiger partial charge in [-0.1, -0.05) is 285 Å². The summed E-state index contributed by atoms with van der Waals surface area (Å²) in [5.74, 6) is -0.863. The third-order valence-electron chi connectivity index (χ3n) is 13.5. The normalized spacial score (nSPS) is 14.2. The van der Waals surface area contributed by atoms with Gasteiger partial charge in [-0.2, -0.15) is 0 Å². The van der Waals surface area contributed by atoms with Gasteiger partial charge in [-0.25, -0.2) is 4.57 Å². The van der Waals surface area contributed by atoms with Crippen molar-refractivity contribution in [3.05, 3.63) is 194 Å². The van der Waals surface area contributed by atoms with Crippen molar-refractivity contribution in [2.24, 2.45) is 5.73 Å². The molecular weight excluding hydrogens is 1100 g/mol. The van der Waals surface area contributed by atoms with Gasteiger partial charge in [0.25, 0.3) is 0 Å². The van der Waals surface area contributed by atoms with Crippen LogP contribution in [-0.2, 0) is 32.7 Å². The van der Waals surface area contributed by atoms with Crippen molar-refractivity contribution in [2.75, 3.05) is 26.4 Å². The monoisotopic (exact) mass is 1220 g/mol. The largest absolute Gasteiger partial charge is 0.472 e. The zero-order chi connectivity index (χ0) is 63.0. The minimum Gasteiger partial charge on any atom is -0.462 e. The van der Waals surface area contributed by atoms with E-state index >= 15 is 0 Å². The van der Waals surface area contributed by atoms with Gasteiger partial charge < -0.3 is 20.1 Å². The minimum absolute atomic E-state index is 0.0399. The van der Waals surface area contributed by atoms with Crippen molar-refractivity contribution in [3.63, 3.8) is 0 Å². The molecule has 9 nitrogen and oxygen atoms in total. The average Bonchev–Trinajstić information content (AvgIpc) is 3.64. The summed E-state index contributed by atoms with van der Waals surface area (Å²) >= 11 is 0. The molecule has 0 fully saturated rings. The van der Waals surface area contributed by atoms with Crippen molar-refractivity contribution in [1.82, 2.24) is 0 Å². The van der Waals surface area contributed by atoms with Gasteiger partial charge in [0.1, 0.15) is 6.61 Å². The van der Waals surface area contributed by atoms with Gasteiger partial charge in [-0.3, -0.25) is 18.6 Å². The second-order valence-electron chi connectivity index (χ2n) is 21.6. The fraction of sp³-hybridized carbons (Fsp3) is 0.558. The molecule has 3 N–H and O–H groups in total. The highest BCUT2D eigenvalue weighted by Crippen LogP contribution is 2.43. The molecule has 0 aromatic carbocycles. The molecular formula is C77H122NO8P. The average molecular weight is 1220 g/mol. The fourth-order valence-corrected chi connectivity index (χ4v) is 9.31. The van der Waals surface area contributed by atoms with Crippen molar-refractivity contribution >= 4 is 19.8 Å². The first-order chi connectivity index (χ1) is 42.8. The molecule has 0 rings (SSSR count). The summed E-state index contributed by atoms with van der Waals surface area (Å²) in [5.41, 5.74) is 5.40. The molecule has 0 amide bonds. The van der Waals surface area contributed by atoms with Gasteiger partial charge >= 0.3 is 19.8 Å². The molecule has 10 heteroatoms. The van der Waals surface area contributed by atoms with Crippen molar-refractivity contribution < 1.29 is 37.6 Å². The lowest BCUT2D eigenvalue weighted by Gasteiger charge is -2.19. The highest BCUT2D eigenvalue weighted by molar-refractivity contribution is 7.47. The lowest BCUT2D eigenvalue weighted by molar-refractivity contribution is -0.161. The molecule has 0 saturated heterocycles. The van der Waals surface area contributed by atoms with E-state index < -0.39 is 32.5 Å². The molecule has 2 unspecified atom stereocenters. The summed E-state index contributed by atoms with van der Waals surface area (Å²) in [6, 6.07) is 0. The Morgan fingerprint density at radius 2 is 0.598 bits per heavy atom. The van der Waals surface area contributed by atoms with Crippen LogP contribution in [0.2, 0.25) is 0 Å². The number of rotatable bonds is 61. The van der Waals surface area contributed by atoms with Crippen LogP contribution in [0.5, 0.6) is 0 Å². The Bertz CT molecular complexity index is 2130. The van der Waals surface area contributed by atoms with E-state index in [-0.39, 0.29) is 32.6 Å². The highest BCUT2D eigenvalue weighted by Gasteiger charge is 2.26. The maximum absolute atomic E-state index is 12.8. The summed E-state index contributed by atoms with van der Waals surface area (Å²) in [6.45, 7) is 3.47. The molecule has 2 atom stereocenters. The summed E-state index contributed by atoms with van der Waals surface area (Å²) in [4.78, 5) is 35.3. The number of hydrogen-bond acceptors (Lipinski definition) is 8. The molecule has 0 spiro atoms. The van der Waals surface area contributed by atoms with Gasteiger partial charge in [0.2, 0.25) is 0 Å². The van der Waals surface area contributed by atoms with Gasteiger partial charge in [0.15, 0.2) is 6.10 Å². The van der Waals surface area contributed by atoms with Crippen LogP contribution in [-0.4, -0.2) is 49.3 Å². The molecule has 0 aliphatic rings. The molecule has 0 aromatic rings. The quantitative estimate of drug-likeness (QED) is 0.0264. The SMILES string of the molecule is CC/C=C\C/C=C\C/C=C\C/C=C\C/C=C\C/C=C\C/C=C\C/C=C\CCCCCCCCCCCCC(=O)OC(COC(=O)CCCCCCCC/C=C\C/C=C\C/C=C\C/C=C\C/C=C\C/C=C\C/C=C\C/C=C\CC)COP(=O)(O)OCCN. The number of ether oxygens (including phenoxy) is 2. The second kappa shape index (κ2) is 69.9. The predicted molar refractivity (Wildman–Crippen MR) is 375 cm³/mol. The first-order valence-corrected chi connectivity index (χ1v) is 35.4. The number of allylic oxidation sites excluding steroid dienone is 32. The Hall–Kier alpha value is -5.15. The van der Waals surface area contributed by atoms with Gasteiger partial charge in [-0.15, -0.1) is 0 Å². The van der Waals surface area contributed by atoms with E-state index in [4.69, 9.17) is 24.3 Å². The molecule has 0 aromatic heterocycles. The van der Waals surface area contributed by atoms with E-state index in [0.29, 0.717) is 12.8 Å². The molecule has 0 heterocycles. The molecule has 0 aliphatic carbocycles. The Morgan fingerprint density at radius 1 is 0.345 bits per heavy atom. The maximum atomic E-state index is 12.8. The number of nitrogens with two attached hydrogens (primary N) is 1. The Morgan fingerprint density at radius 3 is 0.885 bits per heavy atom. The minimum atomic E-state index is -4.41. The van der Waals surface area contributed by atoms with Crippen molar-refractivity contribution in [2.45, 2.75) is 251 Å². The first kappa shape index (κ1) is 81.8. The van der Waals surface area contributed by atoms with Crippen molar-refractivity contribution in [1.29, 1.82) is 0 Å². The Labute approximate surface area is 532 Å². The Balaban J connectivity index is 4.04. The molecule has 0 aliphatic heterocycles. The topological polar surface area (TPSA) is 134 Å². The number of esters is 2. The number of carbonyl (C=O) groups excluding carboxylic acids is 2. The highest BCUT2D eigenvalue weighted by atomic mass is 31.2. The molecule has 488 valence electrons. The second-order valence-corrected chi connectivity index (χ2v) is 23.0. The maximum Gasteiger partial charge on any atom is 0.472 e. The zero-order valence-electron chi connectivity index (χ0n) is 54.7. The van der Waals surface area contributed by atoms with E-state index in [1.165, 1.54) is 38.5 Å². The lowest BCUT2D eigenvalue weighted by Crippen LogP contribution is -2.29. The van der Waals surface area contributed by atoms with Crippen LogP contribution < -0.4 is 5.73 Å². The smallest absolute Gasteiger partial charge is 0.462 e. The molecule has 0 radical (unpaired) electrons. The molecule has 0 saturated carbocycles. The predicted octanol–water partition coefficient (Wildman–Crippen LogP) is 22.5. The number of phosphoric ester groups is 1. The number of phosphoric acid groups is 1. The fourth-order valence-electron chi connectivity index (χ4n) is 8.55. The van der Waals surface area contributed by atoms with Crippen LogP contribution in [0, 0.1) is 0 Å². The number of carbonyl (C=O) groups is 2. The van der Waals surface area contributed by atoms with Crippen LogP contribution in [0.4, 0.5) is 0 Å².